The average molecular weight is 411 g/mol. The third-order valence-corrected chi connectivity index (χ3v) is 7.66. The number of hydrogen-bond acceptors (Lipinski definition) is 4. The van der Waals surface area contributed by atoms with Crippen LogP contribution >= 0.6 is 23.1 Å². The van der Waals surface area contributed by atoms with Crippen LogP contribution < -0.4 is 5.32 Å². The summed E-state index contributed by atoms with van der Waals surface area (Å²) in [6.45, 7) is 0. The van der Waals surface area contributed by atoms with Gasteiger partial charge in [-0.25, -0.2) is 4.98 Å². The van der Waals surface area contributed by atoms with Crippen LogP contribution in [0.25, 0.3) is 16.3 Å². The van der Waals surface area contributed by atoms with Crippen LogP contribution in [0, 0.1) is 0 Å². The molecule has 3 aliphatic carbocycles. The summed E-state index contributed by atoms with van der Waals surface area (Å²) >= 11 is 3.54. The van der Waals surface area contributed by atoms with Crippen LogP contribution in [0.1, 0.15) is 11.4 Å². The van der Waals surface area contributed by atoms with E-state index in [2.05, 4.69) is 95.3 Å². The molecule has 1 aromatic carbocycles. The number of nitrogens with zero attached hydrogens (tertiary/aromatic N) is 1. The third kappa shape index (κ3) is 2.83. The van der Waals surface area contributed by atoms with Crippen molar-refractivity contribution in [3.05, 3.63) is 117 Å². The van der Waals surface area contributed by atoms with Gasteiger partial charge in [-0.05, 0) is 65.7 Å². The Morgan fingerprint density at radius 3 is 3.07 bits per heavy atom. The second-order valence-corrected chi connectivity index (χ2v) is 9.50. The largest absolute Gasteiger partial charge is 0.362 e. The first-order chi connectivity index (χ1) is 14.3. The standard InChI is InChI=1S/C25H18N2S2/c1-2-8-18-16-25-19(15-17(18)7-1)9-5-12-22(25)29-24(27-25)14-6-13-23-26-20-10-3-4-11-21(20)28-23/h1-7,9-16,27H,8H2. The topological polar surface area (TPSA) is 24.9 Å². The van der Waals surface area contributed by atoms with Crippen molar-refractivity contribution in [3.63, 3.8) is 0 Å². The predicted molar refractivity (Wildman–Crippen MR) is 125 cm³/mol. The van der Waals surface area contributed by atoms with E-state index >= 15 is 0 Å². The van der Waals surface area contributed by atoms with Gasteiger partial charge in [-0.15, -0.1) is 11.3 Å². The Balaban J connectivity index is 1.30. The molecule has 2 aromatic rings. The highest BCUT2D eigenvalue weighted by Gasteiger charge is 2.44. The first-order valence-corrected chi connectivity index (χ1v) is 11.3. The lowest BCUT2D eigenvalue weighted by molar-refractivity contribution is 0.644. The fraction of sp³-hybridized carbons (Fsp3) is 0.0800. The zero-order valence-electron chi connectivity index (χ0n) is 15.6. The number of nitrogens with one attached hydrogen (secondary N) is 1. The van der Waals surface area contributed by atoms with Gasteiger partial charge in [0.1, 0.15) is 10.5 Å². The molecule has 0 saturated carbocycles. The van der Waals surface area contributed by atoms with E-state index in [1.807, 2.05) is 17.8 Å². The first kappa shape index (κ1) is 17.1. The summed E-state index contributed by atoms with van der Waals surface area (Å²) in [7, 11) is 0. The second kappa shape index (κ2) is 6.61. The molecule has 1 N–H and O–H groups in total. The van der Waals surface area contributed by atoms with Crippen molar-refractivity contribution in [1.82, 2.24) is 10.3 Å². The number of thioether (sulfide) groups is 1. The Kier molecular flexibility index (Phi) is 3.89. The van der Waals surface area contributed by atoms with E-state index in [0.29, 0.717) is 0 Å². The molecule has 1 fully saturated rings. The van der Waals surface area contributed by atoms with Crippen molar-refractivity contribution in [2.75, 3.05) is 0 Å². The van der Waals surface area contributed by atoms with Gasteiger partial charge in [0, 0.05) is 4.91 Å². The van der Waals surface area contributed by atoms with Crippen LogP contribution in [-0.2, 0) is 0 Å². The van der Waals surface area contributed by atoms with Crippen molar-refractivity contribution in [2.45, 2.75) is 12.0 Å². The Hall–Kier alpha value is -2.82. The fourth-order valence-corrected chi connectivity index (χ4v) is 6.15. The molecule has 1 spiro atoms. The Labute approximate surface area is 178 Å². The van der Waals surface area contributed by atoms with Gasteiger partial charge in [-0.3, -0.25) is 0 Å². The quantitative estimate of drug-likeness (QED) is 0.617. The Morgan fingerprint density at radius 2 is 2.10 bits per heavy atom. The van der Waals surface area contributed by atoms with Crippen LogP contribution in [0.3, 0.4) is 0 Å². The maximum Gasteiger partial charge on any atom is 0.117 e. The molecule has 4 heteroatoms. The summed E-state index contributed by atoms with van der Waals surface area (Å²) < 4.78 is 1.23. The normalized spacial score (nSPS) is 25.9. The molecule has 1 atom stereocenters. The molecule has 2 nitrogen and oxygen atoms in total. The molecule has 0 radical (unpaired) electrons. The van der Waals surface area contributed by atoms with Crippen molar-refractivity contribution < 1.29 is 0 Å². The average Bonchev–Trinajstić information content (AvgIpc) is 3.31. The van der Waals surface area contributed by atoms with E-state index in [-0.39, 0.29) is 5.54 Å². The molecule has 1 aromatic heterocycles. The second-order valence-electron chi connectivity index (χ2n) is 7.36. The fourth-order valence-electron chi connectivity index (χ4n) is 4.14. The van der Waals surface area contributed by atoms with Crippen molar-refractivity contribution in [1.29, 1.82) is 0 Å². The summed E-state index contributed by atoms with van der Waals surface area (Å²) in [6, 6.07) is 8.28. The smallest absolute Gasteiger partial charge is 0.117 e. The molecule has 1 saturated heterocycles. The molecule has 1 aliphatic heterocycles. The molecule has 140 valence electrons. The molecular weight excluding hydrogens is 392 g/mol. The highest BCUT2D eigenvalue weighted by molar-refractivity contribution is 8.07. The number of thiazole rings is 1. The third-order valence-electron chi connectivity index (χ3n) is 5.53. The van der Waals surface area contributed by atoms with Crippen molar-refractivity contribution >= 4 is 39.4 Å². The molecule has 1 unspecified atom stereocenters. The van der Waals surface area contributed by atoms with Gasteiger partial charge in [0.15, 0.2) is 0 Å². The summed E-state index contributed by atoms with van der Waals surface area (Å²) in [5.41, 5.74) is 4.89. The lowest BCUT2D eigenvalue weighted by Gasteiger charge is -2.36. The van der Waals surface area contributed by atoms with E-state index in [1.54, 1.807) is 11.3 Å². The lowest BCUT2D eigenvalue weighted by atomic mass is 9.76. The molecule has 4 aliphatic rings. The summed E-state index contributed by atoms with van der Waals surface area (Å²) in [5, 5.41) is 5.99. The SMILES string of the molecule is C1=CCC2=CC34NC(=CC=Cc5nc6ccccc6s5)SC3=CC=CC4=CC2=C1. The van der Waals surface area contributed by atoms with Crippen LogP contribution in [0.15, 0.2) is 112 Å². The van der Waals surface area contributed by atoms with E-state index in [1.165, 1.54) is 31.4 Å². The van der Waals surface area contributed by atoms with Gasteiger partial charge in [0.05, 0.1) is 15.2 Å². The van der Waals surface area contributed by atoms with Gasteiger partial charge >= 0.3 is 0 Å². The summed E-state index contributed by atoms with van der Waals surface area (Å²) in [6.07, 6.45) is 25.3. The van der Waals surface area contributed by atoms with Crippen molar-refractivity contribution in [2.24, 2.45) is 0 Å². The van der Waals surface area contributed by atoms with E-state index in [9.17, 15) is 0 Å². The maximum absolute atomic E-state index is 4.68. The molecule has 29 heavy (non-hydrogen) atoms. The minimum atomic E-state index is -0.215. The lowest BCUT2D eigenvalue weighted by Crippen LogP contribution is -2.42. The zero-order valence-corrected chi connectivity index (χ0v) is 17.3. The Morgan fingerprint density at radius 1 is 1.14 bits per heavy atom. The predicted octanol–water partition coefficient (Wildman–Crippen LogP) is 6.43. The Bertz CT molecular complexity index is 1240. The van der Waals surface area contributed by atoms with E-state index < -0.39 is 0 Å². The first-order valence-electron chi connectivity index (χ1n) is 9.70. The van der Waals surface area contributed by atoms with E-state index in [4.69, 9.17) is 0 Å². The number of fused-ring (bicyclic) bond motifs is 2. The zero-order chi connectivity index (χ0) is 19.3. The highest BCUT2D eigenvalue weighted by Crippen LogP contribution is 2.51. The summed E-state index contributed by atoms with van der Waals surface area (Å²) in [5.74, 6) is 0. The van der Waals surface area contributed by atoms with Crippen LogP contribution in [0.2, 0.25) is 0 Å². The number of benzene rings is 1. The summed E-state index contributed by atoms with van der Waals surface area (Å²) in [4.78, 5) is 6.02. The highest BCUT2D eigenvalue weighted by atomic mass is 32.2. The molecular formula is C25H18N2S2. The number of hydrogen-bond donors (Lipinski definition) is 1. The van der Waals surface area contributed by atoms with Gasteiger partial charge < -0.3 is 5.32 Å². The number of rotatable bonds is 2. The minimum absolute atomic E-state index is 0.215. The van der Waals surface area contributed by atoms with Crippen molar-refractivity contribution in [3.8, 4) is 0 Å². The van der Waals surface area contributed by atoms with Gasteiger partial charge in [0.25, 0.3) is 0 Å². The molecule has 0 amide bonds. The number of allylic oxidation sites excluding steroid dienone is 10. The molecule has 0 bridgehead atoms. The molecule has 2 heterocycles. The van der Waals surface area contributed by atoms with Crippen LogP contribution in [-0.4, -0.2) is 10.5 Å². The van der Waals surface area contributed by atoms with E-state index in [0.717, 1.165) is 16.9 Å². The van der Waals surface area contributed by atoms with Gasteiger partial charge in [-0.1, -0.05) is 60.4 Å². The monoisotopic (exact) mass is 410 g/mol. The minimum Gasteiger partial charge on any atom is -0.362 e. The van der Waals surface area contributed by atoms with Gasteiger partial charge in [-0.2, -0.15) is 0 Å². The van der Waals surface area contributed by atoms with Gasteiger partial charge in [0.2, 0.25) is 0 Å². The van der Waals surface area contributed by atoms with Crippen LogP contribution in [0.4, 0.5) is 0 Å². The maximum atomic E-state index is 4.68. The number of para-hydroxylation sites is 1. The number of aromatic nitrogens is 1. The van der Waals surface area contributed by atoms with Crippen LogP contribution in [0.5, 0.6) is 0 Å². The molecule has 6 rings (SSSR count).